The van der Waals surface area contributed by atoms with E-state index in [2.05, 4.69) is 18.1 Å². The van der Waals surface area contributed by atoms with Crippen LogP contribution in [0, 0.1) is 0 Å². The topological polar surface area (TPSA) is 38.0 Å². The van der Waals surface area contributed by atoms with Crippen LogP contribution in [0.15, 0.2) is 12.3 Å². The predicted octanol–water partition coefficient (Wildman–Crippen LogP) is 1.92. The normalized spacial score (nSPS) is 27.9. The van der Waals surface area contributed by atoms with Crippen LogP contribution in [-0.2, 0) is 6.54 Å². The van der Waals surface area contributed by atoms with Gasteiger partial charge in [0.05, 0.1) is 6.10 Å². The van der Waals surface area contributed by atoms with Gasteiger partial charge in [0.2, 0.25) is 0 Å². The van der Waals surface area contributed by atoms with Crippen LogP contribution in [0.1, 0.15) is 44.2 Å². The lowest BCUT2D eigenvalue weighted by molar-refractivity contribution is 0.118. The molecule has 3 heteroatoms. The Bertz CT molecular complexity index is 295. The smallest absolute Gasteiger partial charge is 0.0546 e. The molecule has 2 rings (SSSR count). The lowest BCUT2D eigenvalue weighted by Gasteiger charge is -2.26. The fourth-order valence-electron chi connectivity index (χ4n) is 2.39. The number of nitrogens with zero attached hydrogens (tertiary/aromatic N) is 2. The Kier molecular flexibility index (Phi) is 2.87. The van der Waals surface area contributed by atoms with Crippen molar-refractivity contribution in [1.82, 2.24) is 9.78 Å². The van der Waals surface area contributed by atoms with Crippen LogP contribution < -0.4 is 0 Å². The number of aryl methyl sites for hydroxylation is 1. The second kappa shape index (κ2) is 4.13. The van der Waals surface area contributed by atoms with Crippen molar-refractivity contribution in [1.29, 1.82) is 0 Å². The van der Waals surface area contributed by atoms with Crippen molar-refractivity contribution in [2.45, 2.75) is 51.2 Å². The zero-order valence-electron chi connectivity index (χ0n) is 8.69. The molecule has 1 aromatic rings. The Morgan fingerprint density at radius 2 is 2.43 bits per heavy atom. The van der Waals surface area contributed by atoms with Crippen molar-refractivity contribution in [3.05, 3.63) is 18.0 Å². The molecule has 0 amide bonds. The van der Waals surface area contributed by atoms with E-state index in [1.54, 1.807) is 0 Å². The van der Waals surface area contributed by atoms with Crippen LogP contribution in [0.25, 0.3) is 0 Å². The van der Waals surface area contributed by atoms with Gasteiger partial charge in [-0.05, 0) is 32.3 Å². The van der Waals surface area contributed by atoms with E-state index >= 15 is 0 Å². The van der Waals surface area contributed by atoms with Crippen LogP contribution in [-0.4, -0.2) is 21.0 Å². The van der Waals surface area contributed by atoms with Crippen LogP contribution in [0.5, 0.6) is 0 Å². The van der Waals surface area contributed by atoms with Gasteiger partial charge < -0.3 is 5.11 Å². The molecule has 3 nitrogen and oxygen atoms in total. The van der Waals surface area contributed by atoms with Gasteiger partial charge in [0.1, 0.15) is 0 Å². The number of hydrogen-bond donors (Lipinski definition) is 1. The number of hydrogen-bond acceptors (Lipinski definition) is 2. The highest BCUT2D eigenvalue weighted by molar-refractivity contribution is 5.09. The van der Waals surface area contributed by atoms with Crippen molar-refractivity contribution in [3.8, 4) is 0 Å². The van der Waals surface area contributed by atoms with E-state index in [9.17, 15) is 5.11 Å². The summed E-state index contributed by atoms with van der Waals surface area (Å²) in [6.45, 7) is 3.03. The molecule has 1 aromatic heterocycles. The molecule has 0 spiro atoms. The molecule has 1 saturated carbocycles. The quantitative estimate of drug-likeness (QED) is 0.781. The van der Waals surface area contributed by atoms with Gasteiger partial charge in [-0.25, -0.2) is 0 Å². The van der Waals surface area contributed by atoms with Gasteiger partial charge in [0.15, 0.2) is 0 Å². The zero-order valence-corrected chi connectivity index (χ0v) is 8.69. The molecule has 0 saturated heterocycles. The van der Waals surface area contributed by atoms with E-state index in [4.69, 9.17) is 0 Å². The molecule has 1 aliphatic carbocycles. The summed E-state index contributed by atoms with van der Waals surface area (Å²) in [5.41, 5.74) is 1.30. The van der Waals surface area contributed by atoms with Gasteiger partial charge in [-0.1, -0.05) is 6.42 Å². The van der Waals surface area contributed by atoms with E-state index in [1.165, 1.54) is 12.1 Å². The second-order valence-electron chi connectivity index (χ2n) is 4.09. The number of aliphatic hydroxyl groups is 1. The Hall–Kier alpha value is -0.830. The van der Waals surface area contributed by atoms with Crippen molar-refractivity contribution >= 4 is 0 Å². The molecular weight excluding hydrogens is 176 g/mol. The molecule has 0 radical (unpaired) electrons. The second-order valence-corrected chi connectivity index (χ2v) is 4.09. The molecule has 2 unspecified atom stereocenters. The van der Waals surface area contributed by atoms with Crippen molar-refractivity contribution in [2.24, 2.45) is 0 Å². The first-order chi connectivity index (χ1) is 6.81. The van der Waals surface area contributed by atoms with Gasteiger partial charge in [-0.2, -0.15) is 5.10 Å². The molecule has 2 atom stereocenters. The predicted molar refractivity (Wildman–Crippen MR) is 55.1 cm³/mol. The highest BCUT2D eigenvalue weighted by Crippen LogP contribution is 2.32. The van der Waals surface area contributed by atoms with Crippen LogP contribution in [0.2, 0.25) is 0 Å². The summed E-state index contributed by atoms with van der Waals surface area (Å²) in [7, 11) is 0. The third-order valence-electron chi connectivity index (χ3n) is 3.11. The average Bonchev–Trinajstić information content (AvgIpc) is 2.65. The third-order valence-corrected chi connectivity index (χ3v) is 3.11. The van der Waals surface area contributed by atoms with E-state index in [0.717, 1.165) is 25.8 Å². The maximum atomic E-state index is 9.61. The maximum absolute atomic E-state index is 9.61. The highest BCUT2D eigenvalue weighted by atomic mass is 16.3. The molecule has 14 heavy (non-hydrogen) atoms. The molecule has 78 valence electrons. The van der Waals surface area contributed by atoms with Gasteiger partial charge in [-0.3, -0.25) is 4.68 Å². The molecule has 1 aliphatic rings. The number of aromatic nitrogens is 2. The first-order valence-electron chi connectivity index (χ1n) is 5.51. The van der Waals surface area contributed by atoms with Crippen LogP contribution in [0.3, 0.4) is 0 Å². The summed E-state index contributed by atoms with van der Waals surface area (Å²) < 4.78 is 2.04. The molecule has 0 aromatic carbocycles. The zero-order chi connectivity index (χ0) is 9.97. The Labute approximate surface area is 84.7 Å². The maximum Gasteiger partial charge on any atom is 0.0546 e. The fourth-order valence-corrected chi connectivity index (χ4v) is 2.39. The molecule has 0 bridgehead atoms. The van der Waals surface area contributed by atoms with Gasteiger partial charge in [-0.15, -0.1) is 0 Å². The highest BCUT2D eigenvalue weighted by Gasteiger charge is 2.23. The summed E-state index contributed by atoms with van der Waals surface area (Å²) in [6.07, 6.45) is 5.97. The molecule has 1 heterocycles. The largest absolute Gasteiger partial charge is 0.393 e. The number of rotatable bonds is 2. The minimum Gasteiger partial charge on any atom is -0.393 e. The summed E-state index contributed by atoms with van der Waals surface area (Å²) in [5.74, 6) is 0.515. The van der Waals surface area contributed by atoms with E-state index in [-0.39, 0.29) is 6.10 Å². The number of aliphatic hydroxyl groups excluding tert-OH is 1. The third kappa shape index (κ3) is 1.82. The van der Waals surface area contributed by atoms with Gasteiger partial charge in [0, 0.05) is 24.4 Å². The van der Waals surface area contributed by atoms with Crippen LogP contribution >= 0.6 is 0 Å². The summed E-state index contributed by atoms with van der Waals surface area (Å²) in [4.78, 5) is 0. The van der Waals surface area contributed by atoms with Crippen molar-refractivity contribution in [2.75, 3.05) is 0 Å². The minimum absolute atomic E-state index is 0.103. The SMILES string of the molecule is CCn1nccc1C1CCCC(O)C1. The molecule has 1 N–H and O–H groups in total. The standard InChI is InChI=1S/C11H18N2O/c1-2-13-11(6-7-12-13)9-4-3-5-10(14)8-9/h6-7,9-10,14H,2-5,8H2,1H3. The summed E-state index contributed by atoms with van der Waals surface area (Å²) in [5, 5.41) is 13.9. The average molecular weight is 194 g/mol. The van der Waals surface area contributed by atoms with E-state index in [0.29, 0.717) is 5.92 Å². The van der Waals surface area contributed by atoms with Crippen molar-refractivity contribution < 1.29 is 5.11 Å². The monoisotopic (exact) mass is 194 g/mol. The summed E-state index contributed by atoms with van der Waals surface area (Å²) in [6, 6.07) is 2.09. The first kappa shape index (κ1) is 9.71. The van der Waals surface area contributed by atoms with Crippen molar-refractivity contribution in [3.63, 3.8) is 0 Å². The van der Waals surface area contributed by atoms with E-state index < -0.39 is 0 Å². The van der Waals surface area contributed by atoms with Gasteiger partial charge in [0.25, 0.3) is 0 Å². The molecule has 1 fully saturated rings. The fraction of sp³-hybridized carbons (Fsp3) is 0.727. The van der Waals surface area contributed by atoms with Crippen LogP contribution in [0.4, 0.5) is 0 Å². The minimum atomic E-state index is -0.103. The Balaban J connectivity index is 2.13. The lowest BCUT2D eigenvalue weighted by atomic mass is 9.85. The molecular formula is C11H18N2O. The lowest BCUT2D eigenvalue weighted by Crippen LogP contribution is -2.20. The van der Waals surface area contributed by atoms with E-state index in [1.807, 2.05) is 10.9 Å². The Morgan fingerprint density at radius 3 is 3.14 bits per heavy atom. The first-order valence-corrected chi connectivity index (χ1v) is 5.51. The van der Waals surface area contributed by atoms with Gasteiger partial charge >= 0.3 is 0 Å². The summed E-state index contributed by atoms with van der Waals surface area (Å²) >= 11 is 0. The Morgan fingerprint density at radius 1 is 1.57 bits per heavy atom. The molecule has 0 aliphatic heterocycles.